The van der Waals surface area contributed by atoms with E-state index in [1.165, 1.54) is 40.8 Å². The second kappa shape index (κ2) is 11.8. The third-order valence-corrected chi connectivity index (χ3v) is 6.76. The zero-order valence-electron chi connectivity index (χ0n) is 20.2. The standard InChI is InChI=1S/C30H33N5/c1-2-9-29(30-27(6-1)7-5-17-34-30)35(23-26-14-18-31-19-15-26)22-25-12-10-24(11-13-25)20-32-21-28-8-3-4-16-33-28/h3-5,7-8,10-19,29,32H,1-2,6,9,20-23H2. The topological polar surface area (TPSA) is 53.9 Å². The fourth-order valence-electron chi connectivity index (χ4n) is 4.94. The molecule has 0 radical (unpaired) electrons. The van der Waals surface area contributed by atoms with E-state index >= 15 is 0 Å². The highest BCUT2D eigenvalue weighted by Gasteiger charge is 2.26. The Morgan fingerprint density at radius 2 is 1.49 bits per heavy atom. The summed E-state index contributed by atoms with van der Waals surface area (Å²) in [6, 6.07) is 24.0. The first-order valence-corrected chi connectivity index (χ1v) is 12.6. The van der Waals surface area contributed by atoms with Gasteiger partial charge in [-0.15, -0.1) is 0 Å². The van der Waals surface area contributed by atoms with Crippen LogP contribution in [-0.4, -0.2) is 19.9 Å². The highest BCUT2D eigenvalue weighted by molar-refractivity contribution is 5.27. The summed E-state index contributed by atoms with van der Waals surface area (Å²) >= 11 is 0. The van der Waals surface area contributed by atoms with Gasteiger partial charge in [0.2, 0.25) is 0 Å². The SMILES string of the molecule is c1ccc(CNCc2ccc(CN(Cc3ccncc3)C3CCCCc4cccnc43)cc2)nc1. The molecule has 3 aromatic heterocycles. The molecule has 0 amide bonds. The molecule has 1 N–H and O–H groups in total. The molecule has 4 aromatic rings. The van der Waals surface area contributed by atoms with Crippen LogP contribution in [0.5, 0.6) is 0 Å². The van der Waals surface area contributed by atoms with Crippen LogP contribution in [0.1, 0.15) is 58.9 Å². The Morgan fingerprint density at radius 1 is 0.714 bits per heavy atom. The van der Waals surface area contributed by atoms with Crippen molar-refractivity contribution in [1.82, 2.24) is 25.2 Å². The molecular weight excluding hydrogens is 430 g/mol. The highest BCUT2D eigenvalue weighted by Crippen LogP contribution is 2.34. The number of rotatable bonds is 9. The lowest BCUT2D eigenvalue weighted by Gasteiger charge is -2.32. The molecule has 5 heteroatoms. The van der Waals surface area contributed by atoms with Gasteiger partial charge in [0, 0.05) is 51.0 Å². The van der Waals surface area contributed by atoms with Crippen LogP contribution in [0.25, 0.3) is 0 Å². The monoisotopic (exact) mass is 463 g/mol. The van der Waals surface area contributed by atoms with Crippen LogP contribution in [0.15, 0.2) is 91.5 Å². The minimum Gasteiger partial charge on any atom is -0.307 e. The van der Waals surface area contributed by atoms with Crippen molar-refractivity contribution in [2.24, 2.45) is 0 Å². The molecule has 0 bridgehead atoms. The number of fused-ring (bicyclic) bond motifs is 1. The Hall–Kier alpha value is -3.41. The number of hydrogen-bond donors (Lipinski definition) is 1. The summed E-state index contributed by atoms with van der Waals surface area (Å²) in [7, 11) is 0. The van der Waals surface area contributed by atoms with E-state index in [1.807, 2.05) is 43.0 Å². The number of nitrogens with one attached hydrogen (secondary N) is 1. The number of aryl methyl sites for hydroxylation is 1. The van der Waals surface area contributed by atoms with Crippen molar-refractivity contribution in [2.45, 2.75) is 57.9 Å². The second-order valence-corrected chi connectivity index (χ2v) is 9.31. The van der Waals surface area contributed by atoms with Gasteiger partial charge < -0.3 is 5.32 Å². The molecule has 1 aromatic carbocycles. The summed E-state index contributed by atoms with van der Waals surface area (Å²) in [6.07, 6.45) is 12.3. The number of nitrogens with zero attached hydrogens (tertiary/aromatic N) is 4. The maximum Gasteiger partial charge on any atom is 0.0607 e. The van der Waals surface area contributed by atoms with Gasteiger partial charge in [-0.2, -0.15) is 0 Å². The zero-order valence-corrected chi connectivity index (χ0v) is 20.2. The van der Waals surface area contributed by atoms with Crippen molar-refractivity contribution in [3.8, 4) is 0 Å². The van der Waals surface area contributed by atoms with E-state index in [0.29, 0.717) is 6.04 Å². The van der Waals surface area contributed by atoms with Crippen molar-refractivity contribution >= 4 is 0 Å². The van der Waals surface area contributed by atoms with E-state index < -0.39 is 0 Å². The zero-order chi connectivity index (χ0) is 23.7. The molecule has 1 atom stereocenters. The molecule has 3 heterocycles. The van der Waals surface area contributed by atoms with Crippen molar-refractivity contribution in [2.75, 3.05) is 0 Å². The first-order chi connectivity index (χ1) is 17.3. The third kappa shape index (κ3) is 6.38. The first-order valence-electron chi connectivity index (χ1n) is 12.6. The van der Waals surface area contributed by atoms with Gasteiger partial charge >= 0.3 is 0 Å². The lowest BCUT2D eigenvalue weighted by Crippen LogP contribution is -2.29. The normalized spacial score (nSPS) is 15.5. The Balaban J connectivity index is 1.30. The molecule has 35 heavy (non-hydrogen) atoms. The summed E-state index contributed by atoms with van der Waals surface area (Å²) in [5.74, 6) is 0. The quantitative estimate of drug-likeness (QED) is 0.326. The van der Waals surface area contributed by atoms with Crippen LogP contribution < -0.4 is 5.32 Å². The maximum absolute atomic E-state index is 4.87. The van der Waals surface area contributed by atoms with Gasteiger partial charge in [0.1, 0.15) is 0 Å². The Labute approximate surface area is 208 Å². The van der Waals surface area contributed by atoms with Crippen molar-refractivity contribution in [3.63, 3.8) is 0 Å². The van der Waals surface area contributed by atoms with Gasteiger partial charge in [0.25, 0.3) is 0 Å². The minimum absolute atomic E-state index is 0.321. The van der Waals surface area contributed by atoms with E-state index in [4.69, 9.17) is 4.98 Å². The molecule has 0 fully saturated rings. The van der Waals surface area contributed by atoms with Crippen LogP contribution in [-0.2, 0) is 32.6 Å². The van der Waals surface area contributed by atoms with Crippen LogP contribution in [0.3, 0.4) is 0 Å². The van der Waals surface area contributed by atoms with Gasteiger partial charge in [-0.1, -0.05) is 42.8 Å². The fourth-order valence-corrected chi connectivity index (χ4v) is 4.94. The van der Waals surface area contributed by atoms with Gasteiger partial charge in [-0.3, -0.25) is 19.9 Å². The predicted molar refractivity (Wildman–Crippen MR) is 139 cm³/mol. The van der Waals surface area contributed by atoms with Crippen molar-refractivity contribution < 1.29 is 0 Å². The molecule has 1 unspecified atom stereocenters. The van der Waals surface area contributed by atoms with E-state index in [-0.39, 0.29) is 0 Å². The van der Waals surface area contributed by atoms with Gasteiger partial charge in [-0.05, 0) is 71.8 Å². The smallest absolute Gasteiger partial charge is 0.0607 e. The fraction of sp³-hybridized carbons (Fsp3) is 0.300. The van der Waals surface area contributed by atoms with E-state index in [0.717, 1.165) is 44.7 Å². The molecular formula is C30H33N5. The average Bonchev–Trinajstić information content (AvgIpc) is 3.13. The van der Waals surface area contributed by atoms with Gasteiger partial charge in [-0.25, -0.2) is 0 Å². The lowest BCUT2D eigenvalue weighted by molar-refractivity contribution is 0.165. The molecule has 5 rings (SSSR count). The number of hydrogen-bond acceptors (Lipinski definition) is 5. The highest BCUT2D eigenvalue weighted by atomic mass is 15.2. The molecule has 0 spiro atoms. The summed E-state index contributed by atoms with van der Waals surface area (Å²) in [5, 5.41) is 3.49. The van der Waals surface area contributed by atoms with Crippen molar-refractivity contribution in [1.29, 1.82) is 0 Å². The first kappa shape index (κ1) is 23.3. The summed E-state index contributed by atoms with van der Waals surface area (Å²) < 4.78 is 0. The van der Waals surface area contributed by atoms with Gasteiger partial charge in [0.15, 0.2) is 0 Å². The molecule has 178 valence electrons. The molecule has 0 saturated heterocycles. The second-order valence-electron chi connectivity index (χ2n) is 9.31. The molecule has 5 nitrogen and oxygen atoms in total. The van der Waals surface area contributed by atoms with Crippen LogP contribution in [0.2, 0.25) is 0 Å². The number of benzene rings is 1. The third-order valence-electron chi connectivity index (χ3n) is 6.76. The molecule has 1 aliphatic rings. The Bertz CT molecular complexity index is 1180. The van der Waals surface area contributed by atoms with E-state index in [2.05, 4.69) is 68.7 Å². The van der Waals surface area contributed by atoms with Crippen LogP contribution in [0.4, 0.5) is 0 Å². The number of aromatic nitrogens is 3. The van der Waals surface area contributed by atoms with E-state index in [1.54, 1.807) is 0 Å². The van der Waals surface area contributed by atoms with E-state index in [9.17, 15) is 0 Å². The van der Waals surface area contributed by atoms with Crippen molar-refractivity contribution in [3.05, 3.63) is 125 Å². The van der Waals surface area contributed by atoms with Crippen LogP contribution >= 0.6 is 0 Å². The Morgan fingerprint density at radius 3 is 2.29 bits per heavy atom. The van der Waals surface area contributed by atoms with Crippen LogP contribution in [0, 0.1) is 0 Å². The minimum atomic E-state index is 0.321. The van der Waals surface area contributed by atoms with Gasteiger partial charge in [0.05, 0.1) is 17.4 Å². The Kier molecular flexibility index (Phi) is 7.89. The number of pyridine rings is 3. The molecule has 0 saturated carbocycles. The summed E-state index contributed by atoms with van der Waals surface area (Å²) in [5.41, 5.74) is 7.63. The average molecular weight is 464 g/mol. The molecule has 1 aliphatic carbocycles. The largest absolute Gasteiger partial charge is 0.307 e. The molecule has 0 aliphatic heterocycles. The summed E-state index contributed by atoms with van der Waals surface area (Å²) in [6.45, 7) is 3.38. The lowest BCUT2D eigenvalue weighted by atomic mass is 10.0. The summed E-state index contributed by atoms with van der Waals surface area (Å²) in [4.78, 5) is 16.1. The predicted octanol–water partition coefficient (Wildman–Crippen LogP) is 5.63. The maximum atomic E-state index is 4.87.